The molecule has 0 spiro atoms. The summed E-state index contributed by atoms with van der Waals surface area (Å²) in [5, 5.41) is 7.39. The Morgan fingerprint density at radius 2 is 2.00 bits per heavy atom. The normalized spacial score (nSPS) is 10.8. The molecular weight excluding hydrogens is 446 g/mol. The fourth-order valence-electron chi connectivity index (χ4n) is 2.74. The van der Waals surface area contributed by atoms with Crippen LogP contribution in [-0.4, -0.2) is 20.7 Å². The minimum Gasteiger partial charge on any atom is -0.484 e. The third-order valence-electron chi connectivity index (χ3n) is 4.17. The number of furan rings is 1. The van der Waals surface area contributed by atoms with Gasteiger partial charge in [-0.2, -0.15) is 0 Å². The SMILES string of the molecule is O=C(Nc1ncn(Cc2cccc(F)c2)n1)c1ccc(COc2cccc(Cl)c2Cl)o1. The van der Waals surface area contributed by atoms with Gasteiger partial charge in [0.05, 0.1) is 11.6 Å². The average molecular weight is 461 g/mol. The highest BCUT2D eigenvalue weighted by Gasteiger charge is 2.15. The summed E-state index contributed by atoms with van der Waals surface area (Å²) in [4.78, 5) is 16.4. The largest absolute Gasteiger partial charge is 0.484 e. The molecule has 1 amide bonds. The number of hydrogen-bond acceptors (Lipinski definition) is 5. The topological polar surface area (TPSA) is 82.2 Å². The van der Waals surface area contributed by atoms with E-state index in [-0.39, 0.29) is 24.1 Å². The number of nitrogens with zero attached hydrogens (tertiary/aromatic N) is 3. The summed E-state index contributed by atoms with van der Waals surface area (Å²) < 4.78 is 25.9. The van der Waals surface area contributed by atoms with Crippen LogP contribution in [-0.2, 0) is 13.2 Å². The Bertz CT molecular complexity index is 1220. The Hall–Kier alpha value is -3.36. The molecule has 0 saturated heterocycles. The number of anilines is 1. The Kier molecular flexibility index (Phi) is 6.20. The number of nitrogens with one attached hydrogen (secondary N) is 1. The van der Waals surface area contributed by atoms with Gasteiger partial charge in [0.2, 0.25) is 5.95 Å². The van der Waals surface area contributed by atoms with E-state index in [1.54, 1.807) is 36.4 Å². The van der Waals surface area contributed by atoms with Gasteiger partial charge in [0, 0.05) is 0 Å². The molecule has 0 unspecified atom stereocenters. The van der Waals surface area contributed by atoms with Gasteiger partial charge in [0.25, 0.3) is 5.91 Å². The number of aromatic nitrogens is 3. The predicted molar refractivity (Wildman–Crippen MR) is 113 cm³/mol. The molecule has 31 heavy (non-hydrogen) atoms. The third-order valence-corrected chi connectivity index (χ3v) is 4.97. The van der Waals surface area contributed by atoms with Gasteiger partial charge in [-0.3, -0.25) is 10.1 Å². The van der Waals surface area contributed by atoms with E-state index < -0.39 is 5.91 Å². The predicted octanol–water partition coefficient (Wildman–Crippen LogP) is 5.20. The maximum Gasteiger partial charge on any atom is 0.293 e. The van der Waals surface area contributed by atoms with Crippen molar-refractivity contribution in [2.75, 3.05) is 5.32 Å². The monoisotopic (exact) mass is 460 g/mol. The Balaban J connectivity index is 1.35. The van der Waals surface area contributed by atoms with Gasteiger partial charge in [0.15, 0.2) is 5.76 Å². The second-order valence-electron chi connectivity index (χ2n) is 6.46. The maximum atomic E-state index is 13.3. The van der Waals surface area contributed by atoms with Crippen molar-refractivity contribution in [3.05, 3.63) is 93.9 Å². The lowest BCUT2D eigenvalue weighted by molar-refractivity contribution is 0.0991. The highest BCUT2D eigenvalue weighted by molar-refractivity contribution is 6.42. The molecule has 7 nitrogen and oxygen atoms in total. The maximum absolute atomic E-state index is 13.3. The number of carbonyl (C=O) groups excluding carboxylic acids is 1. The van der Waals surface area contributed by atoms with Crippen LogP contribution in [0.5, 0.6) is 5.75 Å². The number of halogens is 3. The van der Waals surface area contributed by atoms with Gasteiger partial charge in [-0.05, 0) is 42.0 Å². The number of amides is 1. The van der Waals surface area contributed by atoms with Crippen molar-refractivity contribution in [3.8, 4) is 5.75 Å². The molecule has 0 bridgehead atoms. The highest BCUT2D eigenvalue weighted by atomic mass is 35.5. The first-order valence-corrected chi connectivity index (χ1v) is 9.84. The van der Waals surface area contributed by atoms with Crippen LogP contribution in [0.15, 0.2) is 65.3 Å². The molecule has 0 aliphatic heterocycles. The Labute approximate surface area is 186 Å². The summed E-state index contributed by atoms with van der Waals surface area (Å²) in [5.41, 5.74) is 0.721. The third kappa shape index (κ3) is 5.22. The van der Waals surface area contributed by atoms with Crippen LogP contribution in [0.25, 0.3) is 0 Å². The first-order chi connectivity index (χ1) is 15.0. The van der Waals surface area contributed by atoms with Crippen LogP contribution >= 0.6 is 23.2 Å². The first kappa shape index (κ1) is 20.9. The van der Waals surface area contributed by atoms with Gasteiger partial charge in [-0.1, -0.05) is 41.4 Å². The molecule has 4 aromatic rings. The van der Waals surface area contributed by atoms with Gasteiger partial charge in [-0.15, -0.1) is 5.10 Å². The molecule has 0 saturated carbocycles. The molecular formula is C21H15Cl2FN4O3. The summed E-state index contributed by atoms with van der Waals surface area (Å²) in [6.45, 7) is 0.378. The average Bonchev–Trinajstić information content (AvgIpc) is 3.39. The summed E-state index contributed by atoms with van der Waals surface area (Å²) >= 11 is 12.0. The van der Waals surface area contributed by atoms with E-state index in [0.29, 0.717) is 28.1 Å². The highest BCUT2D eigenvalue weighted by Crippen LogP contribution is 2.32. The molecule has 2 aromatic carbocycles. The molecule has 1 N–H and O–H groups in total. The molecule has 0 radical (unpaired) electrons. The molecule has 4 rings (SSSR count). The van der Waals surface area contributed by atoms with E-state index in [4.69, 9.17) is 32.4 Å². The minimum absolute atomic E-state index is 0.0633. The zero-order valence-corrected chi connectivity index (χ0v) is 17.4. The van der Waals surface area contributed by atoms with Crippen molar-refractivity contribution in [3.63, 3.8) is 0 Å². The summed E-state index contributed by atoms with van der Waals surface area (Å²) in [6.07, 6.45) is 1.44. The molecule has 0 fully saturated rings. The molecule has 0 atom stereocenters. The van der Waals surface area contributed by atoms with Gasteiger partial charge < -0.3 is 9.15 Å². The lowest BCUT2D eigenvalue weighted by Gasteiger charge is -2.07. The van der Waals surface area contributed by atoms with Gasteiger partial charge >= 0.3 is 0 Å². The molecule has 2 heterocycles. The smallest absolute Gasteiger partial charge is 0.293 e. The standard InChI is InChI=1S/C21H15Cl2FN4O3/c22-16-5-2-6-17(19(16)23)30-11-15-7-8-18(31-15)20(29)26-21-25-12-28(27-21)10-13-3-1-4-14(24)9-13/h1-9,12H,10-11H2,(H,26,27,29). The summed E-state index contributed by atoms with van der Waals surface area (Å²) in [6, 6.07) is 14.3. The summed E-state index contributed by atoms with van der Waals surface area (Å²) in [7, 11) is 0. The summed E-state index contributed by atoms with van der Waals surface area (Å²) in [5.74, 6) is 0.144. The van der Waals surface area contributed by atoms with Crippen molar-refractivity contribution in [1.82, 2.24) is 14.8 Å². The van der Waals surface area contributed by atoms with Crippen molar-refractivity contribution in [2.45, 2.75) is 13.2 Å². The molecule has 0 aliphatic carbocycles. The van der Waals surface area contributed by atoms with Crippen LogP contribution in [0.1, 0.15) is 21.9 Å². The fourth-order valence-corrected chi connectivity index (χ4v) is 3.08. The second kappa shape index (κ2) is 9.20. The van der Waals surface area contributed by atoms with Crippen LogP contribution in [0, 0.1) is 5.82 Å². The van der Waals surface area contributed by atoms with E-state index in [0.717, 1.165) is 5.56 Å². The van der Waals surface area contributed by atoms with Crippen molar-refractivity contribution in [2.24, 2.45) is 0 Å². The van der Waals surface area contributed by atoms with E-state index >= 15 is 0 Å². The number of hydrogen-bond donors (Lipinski definition) is 1. The lowest BCUT2D eigenvalue weighted by Crippen LogP contribution is -2.12. The van der Waals surface area contributed by atoms with Crippen LogP contribution in [0.4, 0.5) is 10.3 Å². The van der Waals surface area contributed by atoms with Crippen LogP contribution in [0.2, 0.25) is 10.0 Å². The second-order valence-corrected chi connectivity index (χ2v) is 7.24. The minimum atomic E-state index is -0.518. The Morgan fingerprint density at radius 1 is 1.16 bits per heavy atom. The molecule has 158 valence electrons. The number of ether oxygens (including phenoxy) is 1. The fraction of sp³-hybridized carbons (Fsp3) is 0.0952. The quantitative estimate of drug-likeness (QED) is 0.409. The number of rotatable bonds is 7. The molecule has 0 aliphatic rings. The van der Waals surface area contributed by atoms with Gasteiger partial charge in [0.1, 0.15) is 35.3 Å². The number of carbonyl (C=O) groups is 1. The molecule has 10 heteroatoms. The van der Waals surface area contributed by atoms with Crippen molar-refractivity contribution >= 4 is 35.1 Å². The van der Waals surface area contributed by atoms with Crippen molar-refractivity contribution in [1.29, 1.82) is 0 Å². The Morgan fingerprint density at radius 3 is 2.84 bits per heavy atom. The van der Waals surface area contributed by atoms with E-state index in [1.807, 2.05) is 0 Å². The van der Waals surface area contributed by atoms with Crippen LogP contribution in [0.3, 0.4) is 0 Å². The van der Waals surface area contributed by atoms with Crippen molar-refractivity contribution < 1.29 is 18.3 Å². The molecule has 2 aromatic heterocycles. The lowest BCUT2D eigenvalue weighted by atomic mass is 10.2. The van der Waals surface area contributed by atoms with Crippen LogP contribution < -0.4 is 10.1 Å². The van der Waals surface area contributed by atoms with E-state index in [1.165, 1.54) is 29.2 Å². The van der Waals surface area contributed by atoms with E-state index in [9.17, 15) is 9.18 Å². The van der Waals surface area contributed by atoms with Gasteiger partial charge in [-0.25, -0.2) is 14.1 Å². The zero-order valence-electron chi connectivity index (χ0n) is 15.9. The first-order valence-electron chi connectivity index (χ1n) is 9.09. The number of benzene rings is 2. The van der Waals surface area contributed by atoms with E-state index in [2.05, 4.69) is 15.4 Å². The zero-order chi connectivity index (χ0) is 21.8.